The fourth-order valence-electron chi connectivity index (χ4n) is 3.54. The highest BCUT2D eigenvalue weighted by Gasteiger charge is 2.39. The topological polar surface area (TPSA) is 37.0 Å². The lowest BCUT2D eigenvalue weighted by atomic mass is 10.4. The van der Waals surface area contributed by atoms with Crippen molar-refractivity contribution in [2.75, 3.05) is 46.9 Å². The maximum atomic E-state index is 6.72. The van der Waals surface area contributed by atoms with Crippen LogP contribution in [-0.2, 0) is 8.23 Å². The summed E-state index contributed by atoms with van der Waals surface area (Å²) in [7, 11) is -1.05. The van der Waals surface area contributed by atoms with E-state index in [9.17, 15) is 0 Å². The van der Waals surface area contributed by atoms with Gasteiger partial charge in [0.15, 0.2) is 16.6 Å². The summed E-state index contributed by atoms with van der Waals surface area (Å²) in [4.78, 5) is 4.74. The van der Waals surface area contributed by atoms with Gasteiger partial charge in [-0.1, -0.05) is 36.1 Å². The Bertz CT molecular complexity index is 398. The molecular formula is C22H61N3O2Si3. The third kappa shape index (κ3) is 20.4. The van der Waals surface area contributed by atoms with Crippen LogP contribution < -0.4 is 5.32 Å². The summed E-state index contributed by atoms with van der Waals surface area (Å²) < 4.78 is 13.4. The van der Waals surface area contributed by atoms with E-state index in [-0.39, 0.29) is 22.3 Å². The van der Waals surface area contributed by atoms with Crippen molar-refractivity contribution in [3.8, 4) is 0 Å². The standard InChI is InChI=1S/C19H49N3O2Si3.3CH4/c1-11-20-19-22(4)16-14-18-26(7,8)24-27(9,10)23-25(5,6)17-13-15-21(3)12-2;;;/h20H,11-19H2,1-10H3;3*1H4. The zero-order valence-electron chi connectivity index (χ0n) is 20.1. The van der Waals surface area contributed by atoms with Crippen molar-refractivity contribution in [1.29, 1.82) is 0 Å². The number of rotatable bonds is 16. The Morgan fingerprint density at radius 1 is 0.700 bits per heavy atom. The van der Waals surface area contributed by atoms with Gasteiger partial charge in [0.1, 0.15) is 0 Å². The highest BCUT2D eigenvalue weighted by Crippen LogP contribution is 2.26. The van der Waals surface area contributed by atoms with Crippen LogP contribution in [0.3, 0.4) is 0 Å². The Kier molecular flexibility index (Phi) is 22.6. The smallest absolute Gasteiger partial charge is 0.311 e. The predicted octanol–water partition coefficient (Wildman–Crippen LogP) is 6.27. The lowest BCUT2D eigenvalue weighted by molar-refractivity contribution is 0.307. The SMILES string of the molecule is C.C.C.CCNCN(C)CCC[Si](C)(C)O[Si](C)(C)O[Si](C)(C)CCCN(C)CC. The second kappa shape index (κ2) is 17.9. The Morgan fingerprint density at radius 2 is 1.10 bits per heavy atom. The normalized spacial score (nSPS) is 12.4. The Balaban J connectivity index is -0.00000113. The molecule has 0 saturated carbocycles. The van der Waals surface area contributed by atoms with Crippen molar-refractivity contribution < 1.29 is 8.23 Å². The van der Waals surface area contributed by atoms with E-state index in [4.69, 9.17) is 8.23 Å². The van der Waals surface area contributed by atoms with Crippen LogP contribution >= 0.6 is 0 Å². The minimum atomic E-state index is -2.07. The Labute approximate surface area is 195 Å². The summed E-state index contributed by atoms with van der Waals surface area (Å²) in [6, 6.07) is 2.42. The van der Waals surface area contributed by atoms with Gasteiger partial charge in [-0.2, -0.15) is 0 Å². The molecule has 0 heterocycles. The first-order valence-electron chi connectivity index (χ1n) is 10.8. The van der Waals surface area contributed by atoms with E-state index >= 15 is 0 Å². The monoisotopic (exact) mass is 483 g/mol. The first kappa shape index (κ1) is 37.7. The molecule has 8 heteroatoms. The van der Waals surface area contributed by atoms with Gasteiger partial charge in [0.05, 0.1) is 0 Å². The van der Waals surface area contributed by atoms with Crippen molar-refractivity contribution in [2.45, 2.75) is 100 Å². The summed E-state index contributed by atoms with van der Waals surface area (Å²) in [5.74, 6) is 0. The first-order valence-corrected chi connectivity index (χ1v) is 19.9. The van der Waals surface area contributed by atoms with E-state index in [0.29, 0.717) is 0 Å². The quantitative estimate of drug-likeness (QED) is 0.207. The Morgan fingerprint density at radius 3 is 1.47 bits per heavy atom. The molecule has 0 spiro atoms. The molecule has 0 aromatic rings. The molecule has 0 aliphatic heterocycles. The van der Waals surface area contributed by atoms with Crippen molar-refractivity contribution in [1.82, 2.24) is 15.1 Å². The van der Waals surface area contributed by atoms with Gasteiger partial charge < -0.3 is 18.4 Å². The van der Waals surface area contributed by atoms with Gasteiger partial charge >= 0.3 is 8.56 Å². The van der Waals surface area contributed by atoms with Gasteiger partial charge in [0.25, 0.3) is 0 Å². The third-order valence-electron chi connectivity index (χ3n) is 4.85. The Hall–Kier alpha value is 0.451. The predicted molar refractivity (Wildman–Crippen MR) is 148 cm³/mol. The average Bonchev–Trinajstić information content (AvgIpc) is 2.49. The van der Waals surface area contributed by atoms with Crippen LogP contribution in [0.15, 0.2) is 0 Å². The van der Waals surface area contributed by atoms with E-state index in [1.165, 1.54) is 31.5 Å². The van der Waals surface area contributed by atoms with Gasteiger partial charge in [-0.3, -0.25) is 4.90 Å². The maximum Gasteiger partial charge on any atom is 0.311 e. The molecule has 0 fully saturated rings. The zero-order chi connectivity index (χ0) is 21.1. The van der Waals surface area contributed by atoms with Crippen LogP contribution in [0.2, 0.25) is 51.4 Å². The number of nitrogens with one attached hydrogen (secondary N) is 1. The molecule has 0 aliphatic carbocycles. The molecule has 0 saturated heterocycles. The van der Waals surface area contributed by atoms with E-state index in [1.54, 1.807) is 0 Å². The van der Waals surface area contributed by atoms with E-state index < -0.39 is 25.2 Å². The fraction of sp³-hybridized carbons (Fsp3) is 1.00. The van der Waals surface area contributed by atoms with Crippen molar-refractivity contribution in [2.24, 2.45) is 0 Å². The summed E-state index contributed by atoms with van der Waals surface area (Å²) in [5.41, 5.74) is 0. The second-order valence-electron chi connectivity index (χ2n) is 9.57. The van der Waals surface area contributed by atoms with E-state index in [0.717, 1.165) is 26.3 Å². The molecule has 0 amide bonds. The van der Waals surface area contributed by atoms with Crippen molar-refractivity contribution in [3.63, 3.8) is 0 Å². The van der Waals surface area contributed by atoms with E-state index in [2.05, 4.69) is 82.3 Å². The van der Waals surface area contributed by atoms with Crippen molar-refractivity contribution >= 4 is 25.2 Å². The minimum Gasteiger partial charge on any atom is -0.437 e. The van der Waals surface area contributed by atoms with Crippen LogP contribution in [0.1, 0.15) is 49.0 Å². The molecule has 0 aromatic heterocycles. The molecule has 0 aromatic carbocycles. The number of hydrogen-bond donors (Lipinski definition) is 1. The van der Waals surface area contributed by atoms with Crippen LogP contribution in [-0.4, -0.2) is 81.9 Å². The average molecular weight is 484 g/mol. The van der Waals surface area contributed by atoms with Crippen molar-refractivity contribution in [3.05, 3.63) is 0 Å². The summed E-state index contributed by atoms with van der Waals surface area (Å²) in [6.07, 6.45) is 2.43. The molecule has 0 unspecified atom stereocenters. The van der Waals surface area contributed by atoms with Crippen LogP contribution in [0.5, 0.6) is 0 Å². The molecule has 0 rings (SSSR count). The number of hydrogen-bond acceptors (Lipinski definition) is 5. The van der Waals surface area contributed by atoms with Gasteiger partial charge in [-0.05, 0) is 104 Å². The largest absolute Gasteiger partial charge is 0.437 e. The number of nitrogens with zero attached hydrogens (tertiary/aromatic N) is 2. The van der Waals surface area contributed by atoms with Crippen LogP contribution in [0, 0.1) is 0 Å². The molecule has 0 atom stereocenters. The summed E-state index contributed by atoms with van der Waals surface area (Å²) in [5, 5.41) is 3.38. The molecule has 5 nitrogen and oxygen atoms in total. The van der Waals surface area contributed by atoms with Gasteiger partial charge in [0.2, 0.25) is 0 Å². The highest BCUT2D eigenvalue weighted by molar-refractivity contribution is 6.87. The lowest BCUT2D eigenvalue weighted by Gasteiger charge is -2.39. The van der Waals surface area contributed by atoms with Crippen LogP contribution in [0.4, 0.5) is 0 Å². The molecular weight excluding hydrogens is 423 g/mol. The molecule has 188 valence electrons. The summed E-state index contributed by atoms with van der Waals surface area (Å²) in [6.45, 7) is 23.7. The van der Waals surface area contributed by atoms with Gasteiger partial charge in [0, 0.05) is 6.67 Å². The molecule has 30 heavy (non-hydrogen) atoms. The maximum absolute atomic E-state index is 6.72. The zero-order valence-corrected chi connectivity index (χ0v) is 23.1. The fourth-order valence-corrected chi connectivity index (χ4v) is 17.6. The molecule has 1 N–H and O–H groups in total. The molecule has 0 bridgehead atoms. The minimum absolute atomic E-state index is 0. The second-order valence-corrected chi connectivity index (χ2v) is 22.0. The van der Waals surface area contributed by atoms with E-state index in [1.807, 2.05) is 0 Å². The van der Waals surface area contributed by atoms with Gasteiger partial charge in [-0.15, -0.1) is 0 Å². The highest BCUT2D eigenvalue weighted by atomic mass is 28.5. The lowest BCUT2D eigenvalue weighted by Crippen LogP contribution is -2.52. The molecule has 0 aliphatic rings. The van der Waals surface area contributed by atoms with Crippen LogP contribution in [0.25, 0.3) is 0 Å². The molecule has 0 radical (unpaired) electrons. The summed E-state index contributed by atoms with van der Waals surface area (Å²) >= 11 is 0. The first-order chi connectivity index (χ1) is 12.3. The third-order valence-corrected chi connectivity index (χ3v) is 16.3. The van der Waals surface area contributed by atoms with Gasteiger partial charge in [-0.25, -0.2) is 0 Å².